The van der Waals surface area contributed by atoms with Crippen molar-refractivity contribution in [3.05, 3.63) is 25.3 Å². The number of fused-ring (bicyclic) bond motifs is 6. The minimum absolute atomic E-state index is 0.0180. The SMILES string of the molecule is C=CCCC(=O)C(=O)[C@@H]1CCCCCCCCC[C@H](C)C(=O)N2C[C@H]3[C@@H]([C@H]2C(=O)C1)C3(C)C.C=CCCC(=O)C(O)[C@@H]1CCCCCCCCC[C@H](C)C(=O)N2C[C@H]3[C@@H]([C@H]2C(=O)C1)C3(C)C. The topological polar surface area (TPSA) is 146 Å². The van der Waals surface area contributed by atoms with Gasteiger partial charge >= 0.3 is 0 Å². The molecule has 0 bridgehead atoms. The number of hydrogen-bond donors (Lipinski definition) is 1. The third kappa shape index (κ3) is 13.1. The third-order valence-electron chi connectivity index (χ3n) is 17.4. The van der Waals surface area contributed by atoms with Gasteiger partial charge in [-0.15, -0.1) is 13.2 Å². The van der Waals surface area contributed by atoms with E-state index in [1.165, 1.54) is 19.3 Å². The van der Waals surface area contributed by atoms with Crippen LogP contribution in [0.2, 0.25) is 0 Å². The van der Waals surface area contributed by atoms with E-state index in [9.17, 15) is 38.7 Å². The number of rotatable bonds is 10. The molecule has 0 aromatic heterocycles. The molecule has 4 heterocycles. The zero-order valence-corrected chi connectivity index (χ0v) is 42.0. The Labute approximate surface area is 398 Å². The van der Waals surface area contributed by atoms with Gasteiger partial charge in [0, 0.05) is 56.5 Å². The van der Waals surface area contributed by atoms with E-state index >= 15 is 0 Å². The molecule has 2 amide bonds. The van der Waals surface area contributed by atoms with Gasteiger partial charge in [0.05, 0.1) is 12.1 Å². The van der Waals surface area contributed by atoms with Crippen molar-refractivity contribution >= 4 is 40.7 Å². The maximum atomic E-state index is 13.7. The third-order valence-corrected chi connectivity index (χ3v) is 17.4. The molecule has 10 heteroatoms. The molecular formula is C56H88N2O8. The molecular weight excluding hydrogens is 829 g/mol. The van der Waals surface area contributed by atoms with E-state index in [2.05, 4.69) is 40.9 Å². The Morgan fingerprint density at radius 1 is 0.606 bits per heavy atom. The lowest BCUT2D eigenvalue weighted by Crippen LogP contribution is -2.48. The monoisotopic (exact) mass is 917 g/mol. The summed E-state index contributed by atoms with van der Waals surface area (Å²) in [6, 6.07) is -0.836. The molecule has 10 nitrogen and oxygen atoms in total. The number of carbonyl (C=O) groups is 7. The van der Waals surface area contributed by atoms with Crippen molar-refractivity contribution in [1.82, 2.24) is 9.80 Å². The summed E-state index contributed by atoms with van der Waals surface area (Å²) in [7, 11) is 0. The molecule has 66 heavy (non-hydrogen) atoms. The summed E-state index contributed by atoms with van der Waals surface area (Å²) < 4.78 is 0. The van der Waals surface area contributed by atoms with Gasteiger partial charge in [-0.1, -0.05) is 144 Å². The van der Waals surface area contributed by atoms with Crippen molar-refractivity contribution in [2.75, 3.05) is 13.1 Å². The maximum Gasteiger partial charge on any atom is 0.226 e. The van der Waals surface area contributed by atoms with Gasteiger partial charge in [-0.25, -0.2) is 0 Å². The minimum Gasteiger partial charge on any atom is -0.385 e. The second kappa shape index (κ2) is 24.3. The Morgan fingerprint density at radius 3 is 1.45 bits per heavy atom. The molecule has 1 unspecified atom stereocenters. The highest BCUT2D eigenvalue weighted by Gasteiger charge is 2.70. The van der Waals surface area contributed by atoms with Crippen LogP contribution in [0.4, 0.5) is 0 Å². The smallest absolute Gasteiger partial charge is 0.226 e. The highest BCUT2D eigenvalue weighted by atomic mass is 16.3. The standard InChI is InChI=1S/C28H45NO4.C28H43NO4/c2*1-5-6-16-22(30)26(32)20-15-13-11-9-7-8-10-12-14-19(2)27(33)29-18-21-24(28(21,3)4)25(29)23(31)17-20/h5,19-21,24-26,32H,1,6-18H2,2-4H3;5,19-21,24-25H,1,6-18H2,2-4H3/t19-,20+,21-,24-,25+,26?;19-,20+,21-,24-,25+/m00/s1. The fourth-order valence-corrected chi connectivity index (χ4v) is 12.7. The van der Waals surface area contributed by atoms with E-state index in [0.29, 0.717) is 50.6 Å². The van der Waals surface area contributed by atoms with Gasteiger partial charge in [0.1, 0.15) is 6.10 Å². The molecule has 0 spiro atoms. The highest BCUT2D eigenvalue weighted by molar-refractivity contribution is 6.38. The number of allylic oxidation sites excluding steroid dienone is 2. The lowest BCUT2D eigenvalue weighted by molar-refractivity contribution is -0.144. The van der Waals surface area contributed by atoms with Gasteiger partial charge in [0.25, 0.3) is 0 Å². The second-order valence-electron chi connectivity index (χ2n) is 22.8. The van der Waals surface area contributed by atoms with Crippen LogP contribution in [0.5, 0.6) is 0 Å². The number of aliphatic hydroxyl groups is 1. The molecule has 6 aliphatic rings. The molecule has 0 radical (unpaired) electrons. The Kier molecular flexibility index (Phi) is 19.8. The first-order chi connectivity index (χ1) is 31.4. The quantitative estimate of drug-likeness (QED) is 0.168. The molecule has 370 valence electrons. The number of hydrogen-bond acceptors (Lipinski definition) is 8. The number of ketones is 5. The fourth-order valence-electron chi connectivity index (χ4n) is 12.7. The van der Waals surface area contributed by atoms with Crippen LogP contribution in [-0.4, -0.2) is 86.9 Å². The number of Topliss-reactive ketones (excluding diaryl/α,β-unsaturated/α-hetero) is 5. The maximum absolute atomic E-state index is 13.7. The Morgan fingerprint density at radius 2 is 1.00 bits per heavy atom. The van der Waals surface area contributed by atoms with E-state index in [1.807, 2.05) is 23.6 Å². The lowest BCUT2D eigenvalue weighted by atomic mass is 9.84. The number of nitrogens with zero attached hydrogens (tertiary/aromatic N) is 2. The lowest BCUT2D eigenvalue weighted by Gasteiger charge is -2.33. The number of carbonyl (C=O) groups excluding carboxylic acids is 7. The summed E-state index contributed by atoms with van der Waals surface area (Å²) in [6.07, 6.45) is 22.2. The van der Waals surface area contributed by atoms with Crippen molar-refractivity contribution in [2.24, 2.45) is 58.2 Å². The van der Waals surface area contributed by atoms with E-state index in [0.717, 1.165) is 83.5 Å². The van der Waals surface area contributed by atoms with Crippen LogP contribution < -0.4 is 0 Å². The van der Waals surface area contributed by atoms with Gasteiger partial charge in [-0.2, -0.15) is 0 Å². The molecule has 2 aliphatic carbocycles. The molecule has 6 fully saturated rings. The summed E-state index contributed by atoms with van der Waals surface area (Å²) in [5, 5.41) is 10.9. The summed E-state index contributed by atoms with van der Waals surface area (Å²) in [6.45, 7) is 21.4. The van der Waals surface area contributed by atoms with Crippen LogP contribution in [0.25, 0.3) is 0 Å². The van der Waals surface area contributed by atoms with Crippen LogP contribution in [0.1, 0.15) is 196 Å². The van der Waals surface area contributed by atoms with E-state index in [4.69, 9.17) is 0 Å². The van der Waals surface area contributed by atoms with Crippen LogP contribution in [0.3, 0.4) is 0 Å². The predicted octanol–water partition coefficient (Wildman–Crippen LogP) is 10.4. The molecule has 0 aromatic carbocycles. The van der Waals surface area contributed by atoms with E-state index < -0.39 is 29.9 Å². The molecule has 0 aromatic rings. The molecule has 1 N–H and O–H groups in total. The number of piperidine rings is 2. The van der Waals surface area contributed by atoms with Gasteiger partial charge < -0.3 is 14.9 Å². The van der Waals surface area contributed by atoms with Crippen molar-refractivity contribution in [3.63, 3.8) is 0 Å². The molecule has 4 saturated heterocycles. The Hall–Kier alpha value is -3.27. The average Bonchev–Trinajstić information content (AvgIpc) is 3.74. The zero-order valence-electron chi connectivity index (χ0n) is 42.0. The molecule has 4 aliphatic heterocycles. The Bertz CT molecular complexity index is 1750. The van der Waals surface area contributed by atoms with Gasteiger partial charge in [-0.3, -0.25) is 33.6 Å². The fraction of sp³-hybridized carbons (Fsp3) is 0.804. The molecule has 11 atom stereocenters. The van der Waals surface area contributed by atoms with Gasteiger partial charge in [-0.05, 0) is 78.9 Å². The Balaban J connectivity index is 0.000000247. The zero-order chi connectivity index (χ0) is 48.3. The first kappa shape index (κ1) is 53.7. The van der Waals surface area contributed by atoms with Crippen LogP contribution >= 0.6 is 0 Å². The molecule has 2 saturated carbocycles. The predicted molar refractivity (Wildman–Crippen MR) is 260 cm³/mol. The summed E-state index contributed by atoms with van der Waals surface area (Å²) in [4.78, 5) is 95.8. The number of amides is 2. The highest BCUT2D eigenvalue weighted by Crippen LogP contribution is 2.66. The second-order valence-corrected chi connectivity index (χ2v) is 22.8. The van der Waals surface area contributed by atoms with Crippen LogP contribution in [0, 0.1) is 58.2 Å². The van der Waals surface area contributed by atoms with E-state index in [-0.39, 0.29) is 101 Å². The first-order valence-corrected chi connectivity index (χ1v) is 26.6. The van der Waals surface area contributed by atoms with Gasteiger partial charge in [0.2, 0.25) is 17.6 Å². The van der Waals surface area contributed by atoms with Crippen molar-refractivity contribution < 1.29 is 38.7 Å². The summed E-state index contributed by atoms with van der Waals surface area (Å²) in [5.41, 5.74) is 0.134. The van der Waals surface area contributed by atoms with Gasteiger partial charge in [0.15, 0.2) is 23.1 Å². The summed E-state index contributed by atoms with van der Waals surface area (Å²) in [5.74, 6) is -0.704. The van der Waals surface area contributed by atoms with Crippen LogP contribution in [0.15, 0.2) is 25.3 Å². The minimum atomic E-state index is -1.11. The van der Waals surface area contributed by atoms with Crippen LogP contribution in [-0.2, 0) is 33.6 Å². The van der Waals surface area contributed by atoms with E-state index in [1.54, 1.807) is 12.2 Å². The largest absolute Gasteiger partial charge is 0.385 e. The first-order valence-electron chi connectivity index (χ1n) is 26.6. The molecule has 6 rings (SSSR count). The number of aliphatic hydroxyl groups excluding tert-OH is 1. The van der Waals surface area contributed by atoms with Crippen molar-refractivity contribution in [2.45, 2.75) is 214 Å². The summed E-state index contributed by atoms with van der Waals surface area (Å²) >= 11 is 0. The van der Waals surface area contributed by atoms with Crippen molar-refractivity contribution in [1.29, 1.82) is 0 Å². The normalized spacial score (nSPS) is 33.7. The average molecular weight is 917 g/mol. The van der Waals surface area contributed by atoms with Crippen molar-refractivity contribution in [3.8, 4) is 0 Å².